The van der Waals surface area contributed by atoms with Gasteiger partial charge in [0.15, 0.2) is 11.6 Å². The summed E-state index contributed by atoms with van der Waals surface area (Å²) in [5.74, 6) is -2.49. The van der Waals surface area contributed by atoms with Crippen LogP contribution in [0, 0.1) is 11.6 Å². The second-order valence-electron chi connectivity index (χ2n) is 4.25. The van der Waals surface area contributed by atoms with Crippen LogP contribution >= 0.6 is 11.8 Å². The molecule has 0 aliphatic heterocycles. The zero-order valence-corrected chi connectivity index (χ0v) is 12.2. The maximum atomic E-state index is 13.0. The average Bonchev–Trinajstić information content (AvgIpc) is 2.44. The highest BCUT2D eigenvalue weighted by Crippen LogP contribution is 2.08. The first-order valence-electron chi connectivity index (χ1n) is 6.14. The van der Waals surface area contributed by atoms with E-state index >= 15 is 0 Å². The number of amides is 2. The van der Waals surface area contributed by atoms with Crippen LogP contribution in [0.1, 0.15) is 12.0 Å². The van der Waals surface area contributed by atoms with Crippen LogP contribution < -0.4 is 10.6 Å². The highest BCUT2D eigenvalue weighted by Gasteiger charge is 2.19. The van der Waals surface area contributed by atoms with Crippen molar-refractivity contribution >= 4 is 23.8 Å². The van der Waals surface area contributed by atoms with Crippen molar-refractivity contribution in [2.24, 2.45) is 0 Å². The highest BCUT2D eigenvalue weighted by atomic mass is 32.2. The van der Waals surface area contributed by atoms with Crippen molar-refractivity contribution < 1.29 is 23.5 Å². The summed E-state index contributed by atoms with van der Waals surface area (Å²) in [5.41, 5.74) is 0.375. The minimum Gasteiger partial charge on any atom is -0.480 e. The topological polar surface area (TPSA) is 78.4 Å². The number of hydrogen-bond donors (Lipinski definition) is 3. The molecule has 0 fully saturated rings. The van der Waals surface area contributed by atoms with E-state index in [0.29, 0.717) is 17.7 Å². The van der Waals surface area contributed by atoms with E-state index in [-0.39, 0.29) is 6.54 Å². The number of nitrogens with one attached hydrogen (secondary N) is 2. The Morgan fingerprint density at radius 1 is 1.33 bits per heavy atom. The number of carboxylic acid groups (broad SMARTS) is 1. The minimum atomic E-state index is -1.12. The molecule has 0 bridgehead atoms. The fraction of sp³-hybridized carbons (Fsp3) is 0.385. The second-order valence-corrected chi connectivity index (χ2v) is 5.23. The Bertz CT molecular complexity index is 514. The summed E-state index contributed by atoms with van der Waals surface area (Å²) in [6.07, 6.45) is 2.14. The molecule has 0 saturated heterocycles. The lowest BCUT2D eigenvalue weighted by Gasteiger charge is -2.14. The monoisotopic (exact) mass is 318 g/mol. The van der Waals surface area contributed by atoms with Gasteiger partial charge in [0, 0.05) is 6.54 Å². The number of hydrogen-bond acceptors (Lipinski definition) is 3. The Hall–Kier alpha value is -1.83. The third kappa shape index (κ3) is 5.99. The van der Waals surface area contributed by atoms with Gasteiger partial charge in [0.1, 0.15) is 6.04 Å². The van der Waals surface area contributed by atoms with E-state index in [1.54, 1.807) is 0 Å². The third-order valence-corrected chi connectivity index (χ3v) is 3.30. The third-order valence-electron chi connectivity index (χ3n) is 2.65. The van der Waals surface area contributed by atoms with Gasteiger partial charge in [0.25, 0.3) is 0 Å². The highest BCUT2D eigenvalue weighted by molar-refractivity contribution is 7.98. The molecule has 0 aliphatic carbocycles. The Balaban J connectivity index is 2.48. The molecule has 1 unspecified atom stereocenters. The van der Waals surface area contributed by atoms with E-state index in [0.717, 1.165) is 12.1 Å². The number of aliphatic carboxylic acids is 1. The lowest BCUT2D eigenvalue weighted by atomic mass is 10.2. The van der Waals surface area contributed by atoms with E-state index < -0.39 is 29.7 Å². The molecule has 2 amide bonds. The van der Waals surface area contributed by atoms with Gasteiger partial charge in [0.2, 0.25) is 0 Å². The van der Waals surface area contributed by atoms with Gasteiger partial charge in [-0.25, -0.2) is 18.4 Å². The smallest absolute Gasteiger partial charge is 0.326 e. The summed E-state index contributed by atoms with van der Waals surface area (Å²) in [7, 11) is 0. The Morgan fingerprint density at radius 2 is 2.05 bits per heavy atom. The molecule has 0 radical (unpaired) electrons. The molecule has 5 nitrogen and oxygen atoms in total. The van der Waals surface area contributed by atoms with Gasteiger partial charge in [-0.15, -0.1) is 0 Å². The molecule has 1 atom stereocenters. The molecular weight excluding hydrogens is 302 g/mol. The number of carbonyl (C=O) groups is 2. The number of urea groups is 1. The molecule has 116 valence electrons. The van der Waals surface area contributed by atoms with Crippen molar-refractivity contribution in [1.82, 2.24) is 10.6 Å². The van der Waals surface area contributed by atoms with Gasteiger partial charge >= 0.3 is 12.0 Å². The van der Waals surface area contributed by atoms with Gasteiger partial charge in [-0.1, -0.05) is 6.07 Å². The van der Waals surface area contributed by atoms with Crippen molar-refractivity contribution in [2.75, 3.05) is 12.0 Å². The molecule has 0 aromatic heterocycles. The predicted octanol–water partition coefficient (Wildman–Crippen LogP) is 1.97. The first-order valence-corrected chi connectivity index (χ1v) is 7.53. The van der Waals surface area contributed by atoms with E-state index in [1.165, 1.54) is 17.8 Å². The van der Waals surface area contributed by atoms with Crippen molar-refractivity contribution in [2.45, 2.75) is 19.0 Å². The van der Waals surface area contributed by atoms with Crippen molar-refractivity contribution in [1.29, 1.82) is 0 Å². The summed E-state index contributed by atoms with van der Waals surface area (Å²) in [6.45, 7) is -0.0299. The molecule has 21 heavy (non-hydrogen) atoms. The minimum absolute atomic E-state index is 0.0299. The van der Waals surface area contributed by atoms with Crippen LogP contribution in [-0.4, -0.2) is 35.2 Å². The van der Waals surface area contributed by atoms with Crippen LogP contribution in [0.5, 0.6) is 0 Å². The maximum Gasteiger partial charge on any atom is 0.326 e. The molecule has 0 saturated carbocycles. The standard InChI is InChI=1S/C13H16F2N2O3S/c1-21-5-4-11(12(18)19)17-13(20)16-7-8-2-3-9(14)10(15)6-8/h2-3,6,11H,4-5,7H2,1H3,(H,18,19)(H2,16,17,20). The average molecular weight is 318 g/mol. The van der Waals surface area contributed by atoms with Crippen molar-refractivity contribution in [3.8, 4) is 0 Å². The molecule has 0 heterocycles. The molecule has 1 aromatic carbocycles. The number of thioether (sulfide) groups is 1. The lowest BCUT2D eigenvalue weighted by Crippen LogP contribution is -2.46. The SMILES string of the molecule is CSCCC(NC(=O)NCc1ccc(F)c(F)c1)C(=O)O. The van der Waals surface area contributed by atoms with E-state index in [2.05, 4.69) is 10.6 Å². The molecule has 1 aromatic rings. The maximum absolute atomic E-state index is 13.0. The predicted molar refractivity (Wildman–Crippen MR) is 76.2 cm³/mol. The summed E-state index contributed by atoms with van der Waals surface area (Å²) >= 11 is 1.48. The van der Waals surface area contributed by atoms with Crippen LogP contribution in [0.15, 0.2) is 18.2 Å². The normalized spacial score (nSPS) is 11.8. The zero-order chi connectivity index (χ0) is 15.8. The van der Waals surface area contributed by atoms with Gasteiger partial charge < -0.3 is 15.7 Å². The van der Waals surface area contributed by atoms with Crippen LogP contribution in [-0.2, 0) is 11.3 Å². The Morgan fingerprint density at radius 3 is 2.62 bits per heavy atom. The van der Waals surface area contributed by atoms with Crippen LogP contribution in [0.4, 0.5) is 13.6 Å². The summed E-state index contributed by atoms with van der Waals surface area (Å²) in [5, 5.41) is 13.7. The Kier molecular flexibility index (Phi) is 6.93. The number of rotatable bonds is 7. The molecule has 3 N–H and O–H groups in total. The summed E-state index contributed by atoms with van der Waals surface area (Å²) in [4.78, 5) is 22.5. The molecule has 0 aliphatic rings. The molecule has 0 spiro atoms. The van der Waals surface area contributed by atoms with E-state index in [1.807, 2.05) is 6.26 Å². The Labute approximate surface area is 125 Å². The van der Waals surface area contributed by atoms with E-state index in [9.17, 15) is 18.4 Å². The summed E-state index contributed by atoms with van der Waals surface area (Å²) < 4.78 is 25.7. The first-order chi connectivity index (χ1) is 9.93. The fourth-order valence-corrected chi connectivity index (χ4v) is 2.01. The number of carbonyl (C=O) groups excluding carboxylic acids is 1. The van der Waals surface area contributed by atoms with E-state index in [4.69, 9.17) is 5.11 Å². The number of carboxylic acids is 1. The van der Waals surface area contributed by atoms with Crippen LogP contribution in [0.3, 0.4) is 0 Å². The first kappa shape index (κ1) is 17.2. The molecular formula is C13H16F2N2O3S. The summed E-state index contributed by atoms with van der Waals surface area (Å²) in [6, 6.07) is 1.61. The largest absolute Gasteiger partial charge is 0.480 e. The van der Waals surface area contributed by atoms with Gasteiger partial charge in [-0.3, -0.25) is 0 Å². The fourth-order valence-electron chi connectivity index (χ4n) is 1.53. The zero-order valence-electron chi connectivity index (χ0n) is 11.4. The number of benzene rings is 1. The van der Waals surface area contributed by atoms with Gasteiger partial charge in [-0.05, 0) is 36.1 Å². The lowest BCUT2D eigenvalue weighted by molar-refractivity contribution is -0.139. The van der Waals surface area contributed by atoms with Crippen LogP contribution in [0.2, 0.25) is 0 Å². The van der Waals surface area contributed by atoms with Crippen molar-refractivity contribution in [3.63, 3.8) is 0 Å². The molecule has 1 rings (SSSR count). The van der Waals surface area contributed by atoms with Crippen LogP contribution in [0.25, 0.3) is 0 Å². The number of halogens is 2. The van der Waals surface area contributed by atoms with Crippen molar-refractivity contribution in [3.05, 3.63) is 35.4 Å². The van der Waals surface area contributed by atoms with Gasteiger partial charge in [-0.2, -0.15) is 11.8 Å². The second kappa shape index (κ2) is 8.46. The van der Waals surface area contributed by atoms with Gasteiger partial charge in [0.05, 0.1) is 0 Å². The quantitative estimate of drug-likeness (QED) is 0.718. The molecule has 8 heteroatoms.